The molecule has 0 bridgehead atoms. The number of ether oxygens (including phenoxy) is 2. The summed E-state index contributed by atoms with van der Waals surface area (Å²) in [7, 11) is -2.13. The SMILES string of the molecule is CCOC(=O)Nc1ccc(S(=O)(=O)N[C@H](C)c2ccc(OC)cc2)cc1. The normalized spacial score (nSPS) is 12.3. The molecule has 0 unspecified atom stereocenters. The first-order valence-corrected chi connectivity index (χ1v) is 9.54. The number of anilines is 1. The van der Waals surface area contributed by atoms with E-state index in [0.29, 0.717) is 11.4 Å². The molecule has 2 aromatic rings. The summed E-state index contributed by atoms with van der Waals surface area (Å²) in [5.74, 6) is 0.702. The number of rotatable bonds is 7. The third kappa shape index (κ3) is 5.21. The first-order chi connectivity index (χ1) is 12.4. The minimum Gasteiger partial charge on any atom is -0.497 e. The van der Waals surface area contributed by atoms with Crippen molar-refractivity contribution < 1.29 is 22.7 Å². The van der Waals surface area contributed by atoms with Crippen LogP contribution in [0.15, 0.2) is 53.4 Å². The second-order valence-electron chi connectivity index (χ2n) is 5.49. The molecule has 7 nitrogen and oxygen atoms in total. The van der Waals surface area contributed by atoms with E-state index < -0.39 is 22.2 Å². The second-order valence-corrected chi connectivity index (χ2v) is 7.20. The lowest BCUT2D eigenvalue weighted by molar-refractivity contribution is 0.168. The molecule has 0 saturated heterocycles. The van der Waals surface area contributed by atoms with Crippen molar-refractivity contribution in [3.63, 3.8) is 0 Å². The Morgan fingerprint density at radius 3 is 2.23 bits per heavy atom. The molecular formula is C18H22N2O5S. The summed E-state index contributed by atoms with van der Waals surface area (Å²) in [6, 6.07) is 12.6. The average Bonchev–Trinajstić information content (AvgIpc) is 2.62. The number of sulfonamides is 1. The van der Waals surface area contributed by atoms with E-state index in [1.807, 2.05) is 0 Å². The van der Waals surface area contributed by atoms with Crippen molar-refractivity contribution in [2.24, 2.45) is 0 Å². The zero-order valence-electron chi connectivity index (χ0n) is 14.9. The number of methoxy groups -OCH3 is 1. The fourth-order valence-electron chi connectivity index (χ4n) is 2.26. The van der Waals surface area contributed by atoms with Crippen LogP contribution in [0.3, 0.4) is 0 Å². The van der Waals surface area contributed by atoms with Gasteiger partial charge in [0.2, 0.25) is 10.0 Å². The highest BCUT2D eigenvalue weighted by molar-refractivity contribution is 7.89. The Balaban J connectivity index is 2.07. The molecule has 1 amide bonds. The van der Waals surface area contributed by atoms with Gasteiger partial charge in [-0.15, -0.1) is 0 Å². The number of carbonyl (C=O) groups is 1. The third-order valence-electron chi connectivity index (χ3n) is 3.63. The van der Waals surface area contributed by atoms with E-state index in [-0.39, 0.29) is 11.5 Å². The standard InChI is InChI=1S/C18H22N2O5S/c1-4-25-18(21)19-15-7-11-17(12-8-15)26(22,23)20-13(2)14-5-9-16(24-3)10-6-14/h5-13,20H,4H2,1-3H3,(H,19,21)/t13-/m1/s1. The van der Waals surface area contributed by atoms with Gasteiger partial charge in [0.15, 0.2) is 0 Å². The molecule has 0 fully saturated rings. The predicted molar refractivity (Wildman–Crippen MR) is 98.8 cm³/mol. The molecule has 0 radical (unpaired) electrons. The molecule has 0 spiro atoms. The van der Waals surface area contributed by atoms with Crippen LogP contribution in [0.1, 0.15) is 25.5 Å². The molecule has 0 aliphatic heterocycles. The number of hydrogen-bond donors (Lipinski definition) is 2. The molecule has 0 aliphatic carbocycles. The number of benzene rings is 2. The molecule has 0 aromatic heterocycles. The molecule has 0 aliphatic rings. The van der Waals surface area contributed by atoms with Gasteiger partial charge in [-0.2, -0.15) is 0 Å². The molecule has 2 rings (SSSR count). The zero-order valence-corrected chi connectivity index (χ0v) is 15.7. The number of amides is 1. The van der Waals surface area contributed by atoms with E-state index in [1.54, 1.807) is 45.2 Å². The van der Waals surface area contributed by atoms with Gasteiger partial charge in [0, 0.05) is 11.7 Å². The van der Waals surface area contributed by atoms with E-state index in [9.17, 15) is 13.2 Å². The smallest absolute Gasteiger partial charge is 0.411 e. The minimum absolute atomic E-state index is 0.104. The maximum absolute atomic E-state index is 12.5. The van der Waals surface area contributed by atoms with E-state index >= 15 is 0 Å². The minimum atomic E-state index is -3.70. The Kier molecular flexibility index (Phi) is 6.59. The topological polar surface area (TPSA) is 93.7 Å². The number of carbonyl (C=O) groups excluding carboxylic acids is 1. The Morgan fingerprint density at radius 1 is 1.08 bits per heavy atom. The highest BCUT2D eigenvalue weighted by Gasteiger charge is 2.18. The Hall–Kier alpha value is -2.58. The lowest BCUT2D eigenvalue weighted by Gasteiger charge is -2.15. The quantitative estimate of drug-likeness (QED) is 0.771. The molecule has 140 valence electrons. The highest BCUT2D eigenvalue weighted by atomic mass is 32.2. The lowest BCUT2D eigenvalue weighted by Crippen LogP contribution is -2.26. The van der Waals surface area contributed by atoms with Crippen LogP contribution in [0.2, 0.25) is 0 Å². The first-order valence-electron chi connectivity index (χ1n) is 8.06. The van der Waals surface area contributed by atoms with Crippen LogP contribution >= 0.6 is 0 Å². The van der Waals surface area contributed by atoms with Gasteiger partial charge in [0.25, 0.3) is 0 Å². The van der Waals surface area contributed by atoms with Crippen LogP contribution < -0.4 is 14.8 Å². The molecule has 8 heteroatoms. The van der Waals surface area contributed by atoms with Crippen LogP contribution in [0.25, 0.3) is 0 Å². The monoisotopic (exact) mass is 378 g/mol. The Bertz CT molecular complexity index is 833. The van der Waals surface area contributed by atoms with Crippen molar-refractivity contribution in [3.05, 3.63) is 54.1 Å². The van der Waals surface area contributed by atoms with Gasteiger partial charge in [0.05, 0.1) is 18.6 Å². The van der Waals surface area contributed by atoms with Crippen LogP contribution in [0.5, 0.6) is 5.75 Å². The summed E-state index contributed by atoms with van der Waals surface area (Å²) in [5.41, 5.74) is 1.26. The summed E-state index contributed by atoms with van der Waals surface area (Å²) < 4.78 is 37.5. The third-order valence-corrected chi connectivity index (χ3v) is 5.19. The van der Waals surface area contributed by atoms with E-state index in [2.05, 4.69) is 10.0 Å². The summed E-state index contributed by atoms with van der Waals surface area (Å²) in [4.78, 5) is 11.5. The molecule has 2 aromatic carbocycles. The van der Waals surface area contributed by atoms with Crippen LogP contribution in [-0.4, -0.2) is 28.2 Å². The lowest BCUT2D eigenvalue weighted by atomic mass is 10.1. The predicted octanol–water partition coefficient (Wildman–Crippen LogP) is 3.30. The summed E-state index contributed by atoms with van der Waals surface area (Å²) in [6.45, 7) is 3.71. The van der Waals surface area contributed by atoms with Gasteiger partial charge < -0.3 is 9.47 Å². The summed E-state index contributed by atoms with van der Waals surface area (Å²) in [5, 5.41) is 2.51. The molecular weight excluding hydrogens is 356 g/mol. The highest BCUT2D eigenvalue weighted by Crippen LogP contribution is 2.21. The second kappa shape index (κ2) is 8.68. The van der Waals surface area contributed by atoms with Crippen LogP contribution in [-0.2, 0) is 14.8 Å². The molecule has 0 saturated carbocycles. The summed E-state index contributed by atoms with van der Waals surface area (Å²) in [6.07, 6.45) is -0.589. The van der Waals surface area contributed by atoms with Gasteiger partial charge in [-0.25, -0.2) is 17.9 Å². The van der Waals surface area contributed by atoms with Crippen molar-refractivity contribution >= 4 is 21.8 Å². The van der Waals surface area contributed by atoms with Gasteiger partial charge in [-0.05, 0) is 55.8 Å². The summed E-state index contributed by atoms with van der Waals surface area (Å²) >= 11 is 0. The van der Waals surface area contributed by atoms with Gasteiger partial charge >= 0.3 is 6.09 Å². The van der Waals surface area contributed by atoms with Crippen molar-refractivity contribution in [1.82, 2.24) is 4.72 Å². The number of hydrogen-bond acceptors (Lipinski definition) is 5. The zero-order chi connectivity index (χ0) is 19.2. The van der Waals surface area contributed by atoms with Crippen LogP contribution in [0, 0.1) is 0 Å². The van der Waals surface area contributed by atoms with E-state index in [0.717, 1.165) is 5.56 Å². The van der Waals surface area contributed by atoms with Crippen molar-refractivity contribution in [3.8, 4) is 5.75 Å². The molecule has 2 N–H and O–H groups in total. The Morgan fingerprint density at radius 2 is 1.69 bits per heavy atom. The molecule has 0 heterocycles. The van der Waals surface area contributed by atoms with E-state index in [4.69, 9.17) is 9.47 Å². The number of nitrogens with one attached hydrogen (secondary N) is 2. The average molecular weight is 378 g/mol. The van der Waals surface area contributed by atoms with Crippen molar-refractivity contribution in [2.45, 2.75) is 24.8 Å². The van der Waals surface area contributed by atoms with Gasteiger partial charge in [-0.1, -0.05) is 12.1 Å². The van der Waals surface area contributed by atoms with Crippen LogP contribution in [0.4, 0.5) is 10.5 Å². The van der Waals surface area contributed by atoms with Crippen molar-refractivity contribution in [2.75, 3.05) is 19.0 Å². The van der Waals surface area contributed by atoms with E-state index in [1.165, 1.54) is 24.3 Å². The largest absolute Gasteiger partial charge is 0.497 e. The fraction of sp³-hybridized carbons (Fsp3) is 0.278. The fourth-order valence-corrected chi connectivity index (χ4v) is 3.50. The molecule has 26 heavy (non-hydrogen) atoms. The molecule has 1 atom stereocenters. The van der Waals surface area contributed by atoms with Crippen molar-refractivity contribution in [1.29, 1.82) is 0 Å². The first kappa shape index (κ1) is 19.7. The van der Waals surface area contributed by atoms with Gasteiger partial charge in [-0.3, -0.25) is 5.32 Å². The van der Waals surface area contributed by atoms with Gasteiger partial charge in [0.1, 0.15) is 5.75 Å². The maximum atomic E-state index is 12.5. The maximum Gasteiger partial charge on any atom is 0.411 e. The Labute approximate surface area is 153 Å².